The van der Waals surface area contributed by atoms with Gasteiger partial charge in [0, 0.05) is 0 Å². The normalized spacial score (nSPS) is 15.3. The van der Waals surface area contributed by atoms with Crippen molar-refractivity contribution in [3.8, 4) is 0 Å². The molecule has 0 radical (unpaired) electrons. The third kappa shape index (κ3) is 18.4. The maximum atomic E-state index is 12.3. The highest BCUT2D eigenvalue weighted by molar-refractivity contribution is 7.85. The van der Waals surface area contributed by atoms with Crippen LogP contribution in [0.1, 0.15) is 97.3 Å². The van der Waals surface area contributed by atoms with Crippen LogP contribution in [-0.4, -0.2) is 53.1 Å². The molecule has 0 heterocycles. The molecule has 0 aromatic rings. The molecule has 0 aliphatic carbocycles. The first-order chi connectivity index (χ1) is 15.2. The van der Waals surface area contributed by atoms with Gasteiger partial charge in [0.1, 0.15) is 6.10 Å². The minimum Gasteiger partial charge on any atom is -0.387 e. The summed E-state index contributed by atoms with van der Waals surface area (Å²) in [6, 6.07) is -1.24. The zero-order valence-electron chi connectivity index (χ0n) is 19.9. The van der Waals surface area contributed by atoms with E-state index in [9.17, 15) is 28.0 Å². The zero-order valence-corrected chi connectivity index (χ0v) is 20.7. The van der Waals surface area contributed by atoms with Crippen molar-refractivity contribution in [3.63, 3.8) is 0 Å². The Hall–Kier alpha value is -1.22. The molecule has 3 atom stereocenters. The van der Waals surface area contributed by atoms with Crippen molar-refractivity contribution in [2.45, 2.75) is 116 Å². The van der Waals surface area contributed by atoms with Gasteiger partial charge in [-0.2, -0.15) is 8.42 Å². The highest BCUT2D eigenvalue weighted by atomic mass is 32.2. The van der Waals surface area contributed by atoms with E-state index >= 15 is 0 Å². The standard InChI is InChI=1S/C24H45NO6S/c1-3-5-7-9-11-13-15-17-19-23(27)24(28)25-21(20-32(29,30)31)22(26)18-16-14-12-10-8-6-4-2/h8,10,16,18,21-23,26-27H,3-7,9,11-15,17,19-20H2,1-2H3,(H,25,28)(H,29,30,31)/b10-8+,18-16+. The molecule has 0 saturated heterocycles. The van der Waals surface area contributed by atoms with Crippen LogP contribution in [0, 0.1) is 0 Å². The van der Waals surface area contributed by atoms with Crippen molar-refractivity contribution in [3.05, 3.63) is 24.3 Å². The van der Waals surface area contributed by atoms with E-state index in [1.807, 2.05) is 6.08 Å². The van der Waals surface area contributed by atoms with Crippen LogP contribution in [0.3, 0.4) is 0 Å². The molecule has 0 aliphatic heterocycles. The van der Waals surface area contributed by atoms with Crippen molar-refractivity contribution in [1.82, 2.24) is 5.32 Å². The highest BCUT2D eigenvalue weighted by Gasteiger charge is 2.27. The average molecular weight is 476 g/mol. The van der Waals surface area contributed by atoms with E-state index in [0.717, 1.165) is 38.5 Å². The fraction of sp³-hybridized carbons (Fsp3) is 0.792. The van der Waals surface area contributed by atoms with Gasteiger partial charge in [0.25, 0.3) is 10.1 Å². The molecule has 8 heteroatoms. The predicted octanol–water partition coefficient (Wildman–Crippen LogP) is 4.30. The summed E-state index contributed by atoms with van der Waals surface area (Å²) in [5.74, 6) is -1.57. The Morgan fingerprint density at radius 1 is 0.844 bits per heavy atom. The van der Waals surface area contributed by atoms with Gasteiger partial charge in [0.2, 0.25) is 5.91 Å². The Labute approximate surface area is 195 Å². The second kappa shape index (κ2) is 19.3. The number of carbonyl (C=O) groups excluding carboxylic acids is 1. The van der Waals surface area contributed by atoms with Crippen LogP contribution in [0.15, 0.2) is 24.3 Å². The van der Waals surface area contributed by atoms with Crippen LogP contribution in [0.2, 0.25) is 0 Å². The summed E-state index contributed by atoms with van der Waals surface area (Å²) in [7, 11) is -4.42. The Kier molecular flexibility index (Phi) is 18.5. The van der Waals surface area contributed by atoms with Crippen LogP contribution in [0.4, 0.5) is 0 Å². The first-order valence-corrected chi connectivity index (χ1v) is 13.8. The first kappa shape index (κ1) is 30.8. The SMILES string of the molecule is CCC/C=C/CC/C=C/C(O)C(CS(=O)(=O)O)NC(=O)C(O)CCCCCCCCCC. The largest absolute Gasteiger partial charge is 0.387 e. The van der Waals surface area contributed by atoms with Crippen LogP contribution >= 0.6 is 0 Å². The van der Waals surface area contributed by atoms with Gasteiger partial charge in [0.15, 0.2) is 0 Å². The van der Waals surface area contributed by atoms with Gasteiger partial charge >= 0.3 is 0 Å². The molecule has 0 saturated carbocycles. The molecular weight excluding hydrogens is 430 g/mol. The van der Waals surface area contributed by atoms with E-state index in [1.54, 1.807) is 6.08 Å². The maximum absolute atomic E-state index is 12.3. The van der Waals surface area contributed by atoms with Crippen LogP contribution < -0.4 is 5.32 Å². The van der Waals surface area contributed by atoms with Gasteiger partial charge in [-0.05, 0) is 25.7 Å². The Balaban J connectivity index is 4.49. The lowest BCUT2D eigenvalue weighted by Crippen LogP contribution is -2.50. The van der Waals surface area contributed by atoms with E-state index in [2.05, 4.69) is 25.2 Å². The maximum Gasteiger partial charge on any atom is 0.267 e. The number of amides is 1. The van der Waals surface area contributed by atoms with Crippen molar-refractivity contribution >= 4 is 16.0 Å². The molecule has 7 nitrogen and oxygen atoms in total. The van der Waals surface area contributed by atoms with E-state index < -0.39 is 40.0 Å². The highest BCUT2D eigenvalue weighted by Crippen LogP contribution is 2.11. The summed E-state index contributed by atoms with van der Waals surface area (Å²) >= 11 is 0. The Morgan fingerprint density at radius 2 is 1.41 bits per heavy atom. The Bertz CT molecular complexity index is 632. The third-order valence-corrected chi connectivity index (χ3v) is 6.00. The smallest absolute Gasteiger partial charge is 0.267 e. The second-order valence-electron chi connectivity index (χ2n) is 8.40. The lowest BCUT2D eigenvalue weighted by Gasteiger charge is -2.22. The molecular formula is C24H45NO6S. The monoisotopic (exact) mass is 475 g/mol. The molecule has 0 spiro atoms. The first-order valence-electron chi connectivity index (χ1n) is 12.1. The predicted molar refractivity (Wildman–Crippen MR) is 130 cm³/mol. The molecule has 32 heavy (non-hydrogen) atoms. The number of allylic oxidation sites excluding steroid dienone is 3. The number of hydrogen-bond acceptors (Lipinski definition) is 5. The van der Waals surface area contributed by atoms with Gasteiger partial charge in [-0.25, -0.2) is 0 Å². The number of hydrogen-bond donors (Lipinski definition) is 4. The van der Waals surface area contributed by atoms with E-state index in [-0.39, 0.29) is 6.42 Å². The van der Waals surface area contributed by atoms with Gasteiger partial charge in [-0.1, -0.05) is 95.9 Å². The van der Waals surface area contributed by atoms with Gasteiger partial charge in [-0.3, -0.25) is 9.35 Å². The van der Waals surface area contributed by atoms with Crippen molar-refractivity contribution in [2.75, 3.05) is 5.75 Å². The molecule has 0 aromatic heterocycles. The lowest BCUT2D eigenvalue weighted by atomic mass is 10.0. The molecule has 4 N–H and O–H groups in total. The van der Waals surface area contributed by atoms with Crippen molar-refractivity contribution < 1.29 is 28.0 Å². The molecule has 0 aliphatic rings. The Morgan fingerprint density at radius 3 is 2.00 bits per heavy atom. The minimum atomic E-state index is -4.42. The number of nitrogens with one attached hydrogen (secondary N) is 1. The third-order valence-electron chi connectivity index (χ3n) is 5.22. The van der Waals surface area contributed by atoms with Gasteiger partial charge in [-0.15, -0.1) is 0 Å². The average Bonchev–Trinajstić information content (AvgIpc) is 2.73. The number of unbranched alkanes of at least 4 members (excludes halogenated alkanes) is 9. The van der Waals surface area contributed by atoms with Gasteiger partial charge < -0.3 is 15.5 Å². The summed E-state index contributed by atoms with van der Waals surface area (Å²) in [6.45, 7) is 4.27. The number of rotatable bonds is 20. The van der Waals surface area contributed by atoms with Crippen molar-refractivity contribution in [1.29, 1.82) is 0 Å². The number of aliphatic hydroxyl groups is 2. The summed E-state index contributed by atoms with van der Waals surface area (Å²) in [6.07, 6.45) is 17.2. The molecule has 0 bridgehead atoms. The van der Waals surface area contributed by atoms with Crippen LogP contribution in [0.25, 0.3) is 0 Å². The second-order valence-corrected chi connectivity index (χ2v) is 9.90. The molecule has 1 amide bonds. The van der Waals surface area contributed by atoms with E-state index in [4.69, 9.17) is 0 Å². The summed E-state index contributed by atoms with van der Waals surface area (Å²) in [5, 5.41) is 22.8. The molecule has 188 valence electrons. The minimum absolute atomic E-state index is 0.273. The fourth-order valence-corrected chi connectivity index (χ4v) is 4.03. The quantitative estimate of drug-likeness (QED) is 0.118. The van der Waals surface area contributed by atoms with E-state index in [1.165, 1.54) is 31.8 Å². The summed E-state index contributed by atoms with van der Waals surface area (Å²) < 4.78 is 31.8. The molecule has 0 rings (SSSR count). The van der Waals surface area contributed by atoms with Crippen LogP contribution in [0.5, 0.6) is 0 Å². The van der Waals surface area contributed by atoms with Crippen LogP contribution in [-0.2, 0) is 14.9 Å². The zero-order chi connectivity index (χ0) is 24.2. The summed E-state index contributed by atoms with van der Waals surface area (Å²) in [5.41, 5.74) is 0. The fourth-order valence-electron chi connectivity index (χ4n) is 3.30. The topological polar surface area (TPSA) is 124 Å². The summed E-state index contributed by atoms with van der Waals surface area (Å²) in [4.78, 5) is 12.3. The molecule has 0 aromatic carbocycles. The van der Waals surface area contributed by atoms with E-state index in [0.29, 0.717) is 12.8 Å². The number of aliphatic hydroxyl groups excluding tert-OH is 2. The number of carbonyl (C=O) groups is 1. The van der Waals surface area contributed by atoms with Crippen molar-refractivity contribution in [2.24, 2.45) is 0 Å². The lowest BCUT2D eigenvalue weighted by molar-refractivity contribution is -0.130. The molecule has 3 unspecified atom stereocenters. The van der Waals surface area contributed by atoms with Gasteiger partial charge in [0.05, 0.1) is 17.9 Å². The molecule has 0 fully saturated rings.